The van der Waals surface area contributed by atoms with Crippen LogP contribution in [-0.4, -0.2) is 13.9 Å². The van der Waals surface area contributed by atoms with E-state index in [4.69, 9.17) is 4.43 Å². The molecule has 0 fully saturated rings. The highest BCUT2D eigenvalue weighted by Gasteiger charge is 2.28. The smallest absolute Gasteiger partial charge is 0.184 e. The molecule has 0 saturated heterocycles. The molecule has 0 spiro atoms. The largest absolute Gasteiger partial charge is 0.409 e. The summed E-state index contributed by atoms with van der Waals surface area (Å²) in [5.41, 5.74) is -0.0400. The molecule has 1 atom stereocenters. The lowest BCUT2D eigenvalue weighted by molar-refractivity contribution is 0.119. The van der Waals surface area contributed by atoms with Crippen molar-refractivity contribution in [1.29, 1.82) is 0 Å². The van der Waals surface area contributed by atoms with Gasteiger partial charge in [0.15, 0.2) is 8.32 Å². The second-order valence-electron chi connectivity index (χ2n) is 4.92. The molecule has 0 aliphatic heterocycles. The van der Waals surface area contributed by atoms with E-state index in [-0.39, 0.29) is 5.60 Å². The van der Waals surface area contributed by atoms with Crippen molar-refractivity contribution in [3.05, 3.63) is 10.2 Å². The summed E-state index contributed by atoms with van der Waals surface area (Å²) >= 11 is 2.27. The second-order valence-corrected chi connectivity index (χ2v) is 10.1. The summed E-state index contributed by atoms with van der Waals surface area (Å²) in [6.45, 7) is 11.2. The Kier molecular flexibility index (Phi) is 6.57. The van der Waals surface area contributed by atoms with Crippen LogP contribution in [0.25, 0.3) is 0 Å². The van der Waals surface area contributed by atoms with E-state index in [1.54, 1.807) is 0 Å². The van der Waals surface area contributed by atoms with E-state index in [2.05, 4.69) is 66.2 Å². The van der Waals surface area contributed by atoms with Gasteiger partial charge in [-0.05, 0) is 43.1 Å². The van der Waals surface area contributed by atoms with Crippen molar-refractivity contribution in [2.45, 2.75) is 58.4 Å². The molecule has 0 bridgehead atoms. The van der Waals surface area contributed by atoms with Crippen molar-refractivity contribution < 1.29 is 4.43 Å². The summed E-state index contributed by atoms with van der Waals surface area (Å²) in [4.78, 5) is 0. The lowest BCUT2D eigenvalue weighted by Gasteiger charge is -2.34. The Hall–Kier alpha value is 0.647. The van der Waals surface area contributed by atoms with Crippen molar-refractivity contribution in [3.8, 4) is 0 Å². The second kappa shape index (κ2) is 6.28. The molecule has 0 aromatic heterocycles. The lowest BCUT2D eigenvalue weighted by atomic mass is 10.00. The third-order valence-corrected chi connectivity index (χ3v) is 3.42. The number of halogens is 1. The zero-order chi connectivity index (χ0) is 11.2. The Labute approximate surface area is 104 Å². The normalized spacial score (nSPS) is 17.3. The molecule has 0 heterocycles. The molecule has 3 heteroatoms. The molecular formula is C11H23IOSi. The third kappa shape index (κ3) is 7.01. The molecule has 0 amide bonds. The molecule has 0 aliphatic rings. The maximum Gasteiger partial charge on any atom is 0.184 e. The minimum Gasteiger partial charge on any atom is -0.409 e. The van der Waals surface area contributed by atoms with Crippen LogP contribution in [0, 0.1) is 0 Å². The monoisotopic (exact) mass is 326 g/mol. The van der Waals surface area contributed by atoms with Gasteiger partial charge >= 0.3 is 0 Å². The van der Waals surface area contributed by atoms with Gasteiger partial charge in [0.1, 0.15) is 0 Å². The third-order valence-electron chi connectivity index (χ3n) is 1.98. The highest BCUT2D eigenvalue weighted by molar-refractivity contribution is 14.1. The van der Waals surface area contributed by atoms with Gasteiger partial charge in [-0.2, -0.15) is 0 Å². The van der Waals surface area contributed by atoms with Crippen LogP contribution < -0.4 is 0 Å². The minimum atomic E-state index is -1.43. The minimum absolute atomic E-state index is 0.0400. The summed E-state index contributed by atoms with van der Waals surface area (Å²) in [5.74, 6) is 0. The number of hydrogen-bond donors (Lipinski definition) is 0. The van der Waals surface area contributed by atoms with E-state index in [0.29, 0.717) is 0 Å². The maximum absolute atomic E-state index is 6.22. The first kappa shape index (κ1) is 14.6. The molecular weight excluding hydrogens is 303 g/mol. The number of rotatable bonds is 6. The van der Waals surface area contributed by atoms with Gasteiger partial charge in [-0.3, -0.25) is 0 Å². The Morgan fingerprint density at radius 2 is 1.93 bits per heavy atom. The van der Waals surface area contributed by atoms with Crippen molar-refractivity contribution in [1.82, 2.24) is 0 Å². The highest BCUT2D eigenvalue weighted by atomic mass is 127. The van der Waals surface area contributed by atoms with Crippen LogP contribution in [-0.2, 0) is 4.43 Å². The van der Waals surface area contributed by atoms with Crippen LogP contribution in [0.5, 0.6) is 0 Å². The number of hydrogen-bond acceptors (Lipinski definition) is 1. The van der Waals surface area contributed by atoms with Crippen LogP contribution in [0.2, 0.25) is 19.6 Å². The lowest BCUT2D eigenvalue weighted by Crippen LogP contribution is -2.39. The SMILES string of the molecule is CCCCC(C)(/C=C/I)O[Si](C)(C)C. The molecule has 1 unspecified atom stereocenters. The van der Waals surface area contributed by atoms with Gasteiger partial charge < -0.3 is 4.43 Å². The van der Waals surface area contributed by atoms with E-state index in [1.807, 2.05) is 0 Å². The zero-order valence-corrected chi connectivity index (χ0v) is 13.2. The van der Waals surface area contributed by atoms with Crippen molar-refractivity contribution >= 4 is 30.9 Å². The van der Waals surface area contributed by atoms with Gasteiger partial charge in [-0.1, -0.05) is 42.4 Å². The van der Waals surface area contributed by atoms with Crippen molar-refractivity contribution in [2.24, 2.45) is 0 Å². The molecule has 0 radical (unpaired) electrons. The predicted molar refractivity (Wildman–Crippen MR) is 75.5 cm³/mol. The van der Waals surface area contributed by atoms with Crippen LogP contribution in [0.3, 0.4) is 0 Å². The van der Waals surface area contributed by atoms with E-state index in [1.165, 1.54) is 12.8 Å². The molecule has 0 rings (SSSR count). The summed E-state index contributed by atoms with van der Waals surface area (Å²) in [5, 5.41) is 0. The molecule has 1 nitrogen and oxygen atoms in total. The zero-order valence-electron chi connectivity index (χ0n) is 10.1. The summed E-state index contributed by atoms with van der Waals surface area (Å²) in [6, 6.07) is 0. The Morgan fingerprint density at radius 1 is 1.36 bits per heavy atom. The first-order chi connectivity index (χ1) is 6.33. The fraction of sp³-hybridized carbons (Fsp3) is 0.818. The fourth-order valence-electron chi connectivity index (χ4n) is 1.53. The standard InChI is InChI=1S/C11H23IOSi/c1-6-7-8-11(2,9-10-12)13-14(3,4)5/h9-10H,6-8H2,1-5H3/b10-9+. The van der Waals surface area contributed by atoms with Gasteiger partial charge in [0.2, 0.25) is 0 Å². The molecule has 14 heavy (non-hydrogen) atoms. The van der Waals surface area contributed by atoms with E-state index >= 15 is 0 Å². The van der Waals surface area contributed by atoms with Crippen LogP contribution in [0.15, 0.2) is 10.2 Å². The first-order valence-electron chi connectivity index (χ1n) is 5.31. The molecule has 0 saturated carbocycles. The molecule has 0 N–H and O–H groups in total. The van der Waals surface area contributed by atoms with Gasteiger partial charge in [-0.25, -0.2) is 0 Å². The van der Waals surface area contributed by atoms with Gasteiger partial charge in [-0.15, -0.1) is 0 Å². The average molecular weight is 326 g/mol. The van der Waals surface area contributed by atoms with Crippen molar-refractivity contribution in [2.75, 3.05) is 0 Å². The molecule has 84 valence electrons. The topological polar surface area (TPSA) is 9.23 Å². The first-order valence-corrected chi connectivity index (χ1v) is 9.96. The highest BCUT2D eigenvalue weighted by Crippen LogP contribution is 2.25. The van der Waals surface area contributed by atoms with E-state index in [0.717, 1.165) is 6.42 Å². The summed E-state index contributed by atoms with van der Waals surface area (Å²) in [7, 11) is -1.43. The van der Waals surface area contributed by atoms with Crippen LogP contribution >= 0.6 is 22.6 Å². The van der Waals surface area contributed by atoms with Gasteiger partial charge in [0.25, 0.3) is 0 Å². The maximum atomic E-state index is 6.22. The van der Waals surface area contributed by atoms with E-state index < -0.39 is 8.32 Å². The number of unbranched alkanes of at least 4 members (excludes halogenated alkanes) is 1. The van der Waals surface area contributed by atoms with Crippen LogP contribution in [0.4, 0.5) is 0 Å². The van der Waals surface area contributed by atoms with E-state index in [9.17, 15) is 0 Å². The quantitative estimate of drug-likeness (QED) is 0.506. The van der Waals surface area contributed by atoms with Crippen LogP contribution in [0.1, 0.15) is 33.1 Å². The molecule has 0 aliphatic carbocycles. The molecule has 0 aromatic carbocycles. The predicted octanol–water partition coefficient (Wildman–Crippen LogP) is 4.74. The Bertz CT molecular complexity index is 186. The average Bonchev–Trinajstić information content (AvgIpc) is 1.98. The van der Waals surface area contributed by atoms with Gasteiger partial charge in [0.05, 0.1) is 5.60 Å². The summed E-state index contributed by atoms with van der Waals surface area (Å²) in [6.07, 6.45) is 5.80. The summed E-state index contributed by atoms with van der Waals surface area (Å²) < 4.78 is 8.29. The fourth-order valence-corrected chi connectivity index (χ4v) is 3.86. The van der Waals surface area contributed by atoms with Crippen molar-refractivity contribution in [3.63, 3.8) is 0 Å². The Balaban J connectivity index is 4.39. The Morgan fingerprint density at radius 3 is 2.29 bits per heavy atom. The van der Waals surface area contributed by atoms with Gasteiger partial charge in [0, 0.05) is 0 Å². The molecule has 0 aromatic rings.